The second-order valence-corrected chi connectivity index (χ2v) is 5.97. The Labute approximate surface area is 110 Å². The molecule has 2 aliphatic rings. The SMILES string of the molecule is Cc1cccc2c1CC(C1CNCCN1C)CC2. The molecule has 1 fully saturated rings. The van der Waals surface area contributed by atoms with Gasteiger partial charge in [-0.2, -0.15) is 0 Å². The molecule has 98 valence electrons. The van der Waals surface area contributed by atoms with E-state index in [1.54, 1.807) is 11.1 Å². The number of nitrogens with zero attached hydrogens (tertiary/aromatic N) is 1. The van der Waals surface area contributed by atoms with Crippen LogP contribution in [0.5, 0.6) is 0 Å². The number of nitrogens with one attached hydrogen (secondary N) is 1. The zero-order chi connectivity index (χ0) is 12.5. The zero-order valence-electron chi connectivity index (χ0n) is 11.6. The molecule has 0 amide bonds. The van der Waals surface area contributed by atoms with Crippen LogP contribution in [0.4, 0.5) is 0 Å². The molecule has 2 unspecified atom stereocenters. The van der Waals surface area contributed by atoms with Crippen molar-refractivity contribution in [2.24, 2.45) is 5.92 Å². The van der Waals surface area contributed by atoms with E-state index in [4.69, 9.17) is 0 Å². The van der Waals surface area contributed by atoms with Crippen molar-refractivity contribution >= 4 is 0 Å². The van der Waals surface area contributed by atoms with Gasteiger partial charge in [-0.3, -0.25) is 0 Å². The zero-order valence-corrected chi connectivity index (χ0v) is 11.6. The Hall–Kier alpha value is -0.860. The Morgan fingerprint density at radius 3 is 3.06 bits per heavy atom. The molecule has 1 aliphatic heterocycles. The van der Waals surface area contributed by atoms with Crippen molar-refractivity contribution in [3.63, 3.8) is 0 Å². The first-order chi connectivity index (χ1) is 8.75. The lowest BCUT2D eigenvalue weighted by atomic mass is 9.77. The average Bonchev–Trinajstić information content (AvgIpc) is 2.40. The lowest BCUT2D eigenvalue weighted by Gasteiger charge is -2.40. The summed E-state index contributed by atoms with van der Waals surface area (Å²) < 4.78 is 0. The molecule has 3 rings (SSSR count). The predicted molar refractivity (Wildman–Crippen MR) is 76.0 cm³/mol. The third-order valence-corrected chi connectivity index (χ3v) is 4.86. The van der Waals surface area contributed by atoms with Crippen LogP contribution in [0.3, 0.4) is 0 Å². The summed E-state index contributed by atoms with van der Waals surface area (Å²) in [5.74, 6) is 0.830. The summed E-state index contributed by atoms with van der Waals surface area (Å²) in [5, 5.41) is 3.56. The molecular formula is C16H24N2. The van der Waals surface area contributed by atoms with E-state index in [2.05, 4.69) is 42.4 Å². The van der Waals surface area contributed by atoms with Gasteiger partial charge in [0.15, 0.2) is 0 Å². The highest BCUT2D eigenvalue weighted by Gasteiger charge is 2.30. The highest BCUT2D eigenvalue weighted by molar-refractivity contribution is 5.36. The molecule has 0 aromatic heterocycles. The molecule has 0 saturated carbocycles. The number of rotatable bonds is 1. The number of likely N-dealkylation sites (N-methyl/N-ethyl adjacent to an activating group) is 1. The van der Waals surface area contributed by atoms with Crippen molar-refractivity contribution in [2.75, 3.05) is 26.7 Å². The molecule has 1 aliphatic carbocycles. The topological polar surface area (TPSA) is 15.3 Å². The Bertz CT molecular complexity index is 427. The van der Waals surface area contributed by atoms with Crippen LogP contribution < -0.4 is 5.32 Å². The maximum absolute atomic E-state index is 3.56. The molecule has 2 atom stereocenters. The standard InChI is InChI=1S/C16H24N2/c1-12-4-3-5-13-6-7-14(10-15(12)13)16-11-17-8-9-18(16)2/h3-5,14,16-17H,6-11H2,1-2H3. The summed E-state index contributed by atoms with van der Waals surface area (Å²) in [6.07, 6.45) is 3.90. The van der Waals surface area contributed by atoms with Gasteiger partial charge in [-0.1, -0.05) is 18.2 Å². The minimum absolute atomic E-state index is 0.728. The molecule has 1 N–H and O–H groups in total. The second kappa shape index (κ2) is 5.02. The van der Waals surface area contributed by atoms with Crippen molar-refractivity contribution in [3.05, 3.63) is 34.9 Å². The largest absolute Gasteiger partial charge is 0.314 e. The van der Waals surface area contributed by atoms with Gasteiger partial charge in [0.05, 0.1) is 0 Å². The minimum Gasteiger partial charge on any atom is -0.314 e. The molecule has 2 heteroatoms. The summed E-state index contributed by atoms with van der Waals surface area (Å²) in [4.78, 5) is 2.56. The van der Waals surface area contributed by atoms with Gasteiger partial charge in [-0.15, -0.1) is 0 Å². The van der Waals surface area contributed by atoms with E-state index < -0.39 is 0 Å². The first-order valence-electron chi connectivity index (χ1n) is 7.24. The summed E-state index contributed by atoms with van der Waals surface area (Å²) in [6.45, 7) is 5.78. The maximum Gasteiger partial charge on any atom is 0.0249 e. The highest BCUT2D eigenvalue weighted by atomic mass is 15.2. The van der Waals surface area contributed by atoms with Crippen molar-refractivity contribution in [3.8, 4) is 0 Å². The van der Waals surface area contributed by atoms with Gasteiger partial charge in [-0.05, 0) is 55.8 Å². The summed E-state index contributed by atoms with van der Waals surface area (Å²) in [7, 11) is 2.29. The minimum atomic E-state index is 0.728. The number of fused-ring (bicyclic) bond motifs is 1. The fourth-order valence-electron chi connectivity index (χ4n) is 3.68. The lowest BCUT2D eigenvalue weighted by molar-refractivity contribution is 0.133. The fraction of sp³-hybridized carbons (Fsp3) is 0.625. The van der Waals surface area contributed by atoms with Crippen LogP contribution in [0, 0.1) is 12.8 Å². The molecule has 1 aromatic carbocycles. The van der Waals surface area contributed by atoms with E-state index in [-0.39, 0.29) is 0 Å². The van der Waals surface area contributed by atoms with E-state index in [1.807, 2.05) is 0 Å². The van der Waals surface area contributed by atoms with Crippen LogP contribution >= 0.6 is 0 Å². The quantitative estimate of drug-likeness (QED) is 0.813. The normalized spacial score (nSPS) is 29.0. The van der Waals surface area contributed by atoms with Crippen molar-refractivity contribution < 1.29 is 0 Å². The Balaban J connectivity index is 1.79. The van der Waals surface area contributed by atoms with E-state index in [1.165, 1.54) is 37.9 Å². The Morgan fingerprint density at radius 1 is 1.33 bits per heavy atom. The van der Waals surface area contributed by atoms with Crippen molar-refractivity contribution in [1.82, 2.24) is 10.2 Å². The van der Waals surface area contributed by atoms with Gasteiger partial charge in [0.1, 0.15) is 0 Å². The van der Waals surface area contributed by atoms with Gasteiger partial charge in [0, 0.05) is 25.7 Å². The molecule has 18 heavy (non-hydrogen) atoms. The molecule has 1 aromatic rings. The van der Waals surface area contributed by atoms with Crippen molar-refractivity contribution in [1.29, 1.82) is 0 Å². The molecule has 1 saturated heterocycles. The van der Waals surface area contributed by atoms with Gasteiger partial charge in [0.25, 0.3) is 0 Å². The second-order valence-electron chi connectivity index (χ2n) is 5.97. The number of hydrogen-bond acceptors (Lipinski definition) is 2. The van der Waals surface area contributed by atoms with E-state index >= 15 is 0 Å². The van der Waals surface area contributed by atoms with Crippen LogP contribution in [0.15, 0.2) is 18.2 Å². The summed E-state index contributed by atoms with van der Waals surface area (Å²) in [5.41, 5.74) is 4.72. The smallest absolute Gasteiger partial charge is 0.0249 e. The number of hydrogen-bond donors (Lipinski definition) is 1. The third-order valence-electron chi connectivity index (χ3n) is 4.86. The molecule has 2 nitrogen and oxygen atoms in total. The van der Waals surface area contributed by atoms with Crippen LogP contribution in [0.25, 0.3) is 0 Å². The van der Waals surface area contributed by atoms with Crippen LogP contribution in [0.1, 0.15) is 23.1 Å². The summed E-state index contributed by atoms with van der Waals surface area (Å²) >= 11 is 0. The number of piperazine rings is 1. The highest BCUT2D eigenvalue weighted by Crippen LogP contribution is 2.31. The van der Waals surface area contributed by atoms with Gasteiger partial charge < -0.3 is 10.2 Å². The predicted octanol–water partition coefficient (Wildman–Crippen LogP) is 2.00. The first-order valence-corrected chi connectivity index (χ1v) is 7.24. The van der Waals surface area contributed by atoms with Crippen LogP contribution in [0.2, 0.25) is 0 Å². The van der Waals surface area contributed by atoms with E-state index in [0.29, 0.717) is 0 Å². The van der Waals surface area contributed by atoms with Gasteiger partial charge >= 0.3 is 0 Å². The van der Waals surface area contributed by atoms with Crippen molar-refractivity contribution in [2.45, 2.75) is 32.2 Å². The lowest BCUT2D eigenvalue weighted by Crippen LogP contribution is -2.53. The van der Waals surface area contributed by atoms with Gasteiger partial charge in [-0.25, -0.2) is 0 Å². The third kappa shape index (κ3) is 2.19. The Kier molecular flexibility index (Phi) is 3.40. The summed E-state index contributed by atoms with van der Waals surface area (Å²) in [6, 6.07) is 7.53. The van der Waals surface area contributed by atoms with Crippen LogP contribution in [-0.2, 0) is 12.8 Å². The van der Waals surface area contributed by atoms with Gasteiger partial charge in [0.2, 0.25) is 0 Å². The number of benzene rings is 1. The van der Waals surface area contributed by atoms with E-state index in [9.17, 15) is 0 Å². The Morgan fingerprint density at radius 2 is 2.22 bits per heavy atom. The molecule has 0 spiro atoms. The monoisotopic (exact) mass is 244 g/mol. The fourth-order valence-corrected chi connectivity index (χ4v) is 3.68. The number of aryl methyl sites for hydroxylation is 2. The molecule has 0 radical (unpaired) electrons. The maximum atomic E-state index is 3.56. The first kappa shape index (κ1) is 12.2. The van der Waals surface area contributed by atoms with Crippen LogP contribution in [-0.4, -0.2) is 37.6 Å². The molecular weight excluding hydrogens is 220 g/mol. The molecule has 1 heterocycles. The average molecular weight is 244 g/mol. The molecule has 0 bridgehead atoms. The van der Waals surface area contributed by atoms with E-state index in [0.717, 1.165) is 18.5 Å².